The standard InChI is InChI=1S/C12H20O/c13-12-10-8-6-4-2-1-3-5-7-9-11-12/h6,8,10,13H,1-5,7,9,11H2/b8-6-,12-10-. The van der Waals surface area contributed by atoms with Gasteiger partial charge in [0.25, 0.3) is 0 Å². The van der Waals surface area contributed by atoms with Gasteiger partial charge >= 0.3 is 0 Å². The normalized spacial score (nSPS) is 27.8. The van der Waals surface area contributed by atoms with E-state index in [1.54, 1.807) is 0 Å². The molecule has 13 heavy (non-hydrogen) atoms. The van der Waals surface area contributed by atoms with Crippen LogP contribution in [-0.4, -0.2) is 5.11 Å². The summed E-state index contributed by atoms with van der Waals surface area (Å²) in [4.78, 5) is 0. The summed E-state index contributed by atoms with van der Waals surface area (Å²) in [6, 6.07) is 0. The highest BCUT2D eigenvalue weighted by Crippen LogP contribution is 2.12. The summed E-state index contributed by atoms with van der Waals surface area (Å²) in [5.74, 6) is 0.539. The van der Waals surface area contributed by atoms with E-state index in [1.165, 1.54) is 32.1 Å². The third-order valence-electron chi connectivity index (χ3n) is 2.48. The molecule has 1 heteroatoms. The Morgan fingerprint density at radius 2 is 1.62 bits per heavy atom. The van der Waals surface area contributed by atoms with Crippen LogP contribution in [0.2, 0.25) is 0 Å². The maximum atomic E-state index is 9.40. The molecule has 74 valence electrons. The average Bonchev–Trinajstić information content (AvgIpc) is 2.11. The second kappa shape index (κ2) is 6.76. The first-order valence-corrected chi connectivity index (χ1v) is 5.44. The second-order valence-electron chi connectivity index (χ2n) is 3.75. The van der Waals surface area contributed by atoms with Gasteiger partial charge in [-0.1, -0.05) is 37.8 Å². The summed E-state index contributed by atoms with van der Waals surface area (Å²) in [6.45, 7) is 0. The van der Waals surface area contributed by atoms with Gasteiger partial charge in [0.1, 0.15) is 0 Å². The number of rotatable bonds is 0. The van der Waals surface area contributed by atoms with E-state index < -0.39 is 0 Å². The van der Waals surface area contributed by atoms with Gasteiger partial charge < -0.3 is 5.11 Å². The predicted molar refractivity (Wildman–Crippen MR) is 56.8 cm³/mol. The average molecular weight is 180 g/mol. The number of allylic oxidation sites excluding steroid dienone is 4. The topological polar surface area (TPSA) is 20.2 Å². The fourth-order valence-electron chi connectivity index (χ4n) is 1.63. The Bertz CT molecular complexity index is 180. The second-order valence-corrected chi connectivity index (χ2v) is 3.75. The number of aliphatic hydroxyl groups is 1. The molecular formula is C12H20O. The molecule has 1 nitrogen and oxygen atoms in total. The van der Waals surface area contributed by atoms with Gasteiger partial charge in [0.05, 0.1) is 5.76 Å². The van der Waals surface area contributed by atoms with Crippen LogP contribution in [0.15, 0.2) is 24.0 Å². The van der Waals surface area contributed by atoms with E-state index in [1.807, 2.05) is 12.2 Å². The van der Waals surface area contributed by atoms with Crippen LogP contribution in [0, 0.1) is 0 Å². The quantitative estimate of drug-likeness (QED) is 0.594. The van der Waals surface area contributed by atoms with E-state index in [9.17, 15) is 5.11 Å². The van der Waals surface area contributed by atoms with Crippen molar-refractivity contribution in [1.29, 1.82) is 0 Å². The van der Waals surface area contributed by atoms with Gasteiger partial charge in [-0.05, 0) is 25.3 Å². The van der Waals surface area contributed by atoms with Crippen molar-refractivity contribution in [2.24, 2.45) is 0 Å². The van der Waals surface area contributed by atoms with Gasteiger partial charge in [-0.3, -0.25) is 0 Å². The summed E-state index contributed by atoms with van der Waals surface area (Å²) in [5.41, 5.74) is 0. The Hall–Kier alpha value is -0.720. The Kier molecular flexibility index (Phi) is 5.39. The summed E-state index contributed by atoms with van der Waals surface area (Å²) >= 11 is 0. The van der Waals surface area contributed by atoms with Crippen LogP contribution in [0.3, 0.4) is 0 Å². The van der Waals surface area contributed by atoms with Crippen LogP contribution in [0.1, 0.15) is 51.4 Å². The molecule has 0 unspecified atom stereocenters. The van der Waals surface area contributed by atoms with Crippen molar-refractivity contribution in [1.82, 2.24) is 0 Å². The molecular weight excluding hydrogens is 160 g/mol. The van der Waals surface area contributed by atoms with Crippen LogP contribution in [0.5, 0.6) is 0 Å². The summed E-state index contributed by atoms with van der Waals surface area (Å²) < 4.78 is 0. The van der Waals surface area contributed by atoms with E-state index in [-0.39, 0.29) is 0 Å². The largest absolute Gasteiger partial charge is 0.512 e. The third-order valence-corrected chi connectivity index (χ3v) is 2.48. The fraction of sp³-hybridized carbons (Fsp3) is 0.667. The highest BCUT2D eigenvalue weighted by molar-refractivity contribution is 5.06. The zero-order valence-corrected chi connectivity index (χ0v) is 8.34. The highest BCUT2D eigenvalue weighted by Gasteiger charge is 1.95. The first kappa shape index (κ1) is 10.4. The first-order valence-electron chi connectivity index (χ1n) is 5.44. The van der Waals surface area contributed by atoms with Gasteiger partial charge in [-0.15, -0.1) is 0 Å². The van der Waals surface area contributed by atoms with E-state index in [2.05, 4.69) is 6.08 Å². The summed E-state index contributed by atoms with van der Waals surface area (Å²) in [6.07, 6.45) is 15.7. The van der Waals surface area contributed by atoms with Crippen LogP contribution in [0.25, 0.3) is 0 Å². The predicted octanol–water partition coefficient (Wildman–Crippen LogP) is 4.12. The van der Waals surface area contributed by atoms with E-state index in [0.29, 0.717) is 5.76 Å². The smallest absolute Gasteiger partial charge is 0.0922 e. The minimum Gasteiger partial charge on any atom is -0.512 e. The first-order chi connectivity index (χ1) is 6.39. The van der Waals surface area contributed by atoms with Crippen molar-refractivity contribution in [3.05, 3.63) is 24.0 Å². The Labute approximate surface area is 81.2 Å². The lowest BCUT2D eigenvalue weighted by Crippen LogP contribution is -1.85. The number of hydrogen-bond acceptors (Lipinski definition) is 1. The minimum absolute atomic E-state index is 0.539. The maximum absolute atomic E-state index is 9.40. The van der Waals surface area contributed by atoms with Crippen molar-refractivity contribution in [2.45, 2.75) is 51.4 Å². The third kappa shape index (κ3) is 5.51. The fourth-order valence-corrected chi connectivity index (χ4v) is 1.63. The summed E-state index contributed by atoms with van der Waals surface area (Å²) in [7, 11) is 0. The molecule has 0 atom stereocenters. The van der Waals surface area contributed by atoms with Crippen molar-refractivity contribution in [3.63, 3.8) is 0 Å². The summed E-state index contributed by atoms with van der Waals surface area (Å²) in [5, 5.41) is 9.40. The number of hydrogen-bond donors (Lipinski definition) is 1. The van der Waals surface area contributed by atoms with Crippen LogP contribution in [0.4, 0.5) is 0 Å². The molecule has 0 amide bonds. The van der Waals surface area contributed by atoms with Gasteiger partial charge in [0, 0.05) is 6.42 Å². The molecule has 0 aromatic carbocycles. The van der Waals surface area contributed by atoms with Gasteiger partial charge in [0.2, 0.25) is 0 Å². The van der Waals surface area contributed by atoms with Crippen molar-refractivity contribution in [3.8, 4) is 0 Å². The maximum Gasteiger partial charge on any atom is 0.0922 e. The molecule has 1 aliphatic carbocycles. The zero-order valence-electron chi connectivity index (χ0n) is 8.34. The number of aliphatic hydroxyl groups excluding tert-OH is 1. The lowest BCUT2D eigenvalue weighted by molar-refractivity contribution is 0.380. The molecule has 0 aromatic rings. The highest BCUT2D eigenvalue weighted by atomic mass is 16.3. The van der Waals surface area contributed by atoms with Gasteiger partial charge in [-0.2, -0.15) is 0 Å². The minimum atomic E-state index is 0.539. The van der Waals surface area contributed by atoms with Crippen molar-refractivity contribution < 1.29 is 5.11 Å². The van der Waals surface area contributed by atoms with Crippen LogP contribution < -0.4 is 0 Å². The van der Waals surface area contributed by atoms with Crippen molar-refractivity contribution in [2.75, 3.05) is 0 Å². The molecule has 0 saturated carbocycles. The molecule has 0 bridgehead atoms. The van der Waals surface area contributed by atoms with Crippen LogP contribution in [-0.2, 0) is 0 Å². The molecule has 1 N–H and O–H groups in total. The zero-order chi connectivity index (χ0) is 9.36. The van der Waals surface area contributed by atoms with E-state index in [4.69, 9.17) is 0 Å². The van der Waals surface area contributed by atoms with Crippen LogP contribution >= 0.6 is 0 Å². The Morgan fingerprint density at radius 1 is 0.923 bits per heavy atom. The molecule has 0 fully saturated rings. The molecule has 0 aromatic heterocycles. The lowest BCUT2D eigenvalue weighted by atomic mass is 10.1. The Balaban J connectivity index is 2.34. The molecule has 0 aliphatic heterocycles. The van der Waals surface area contributed by atoms with E-state index >= 15 is 0 Å². The van der Waals surface area contributed by atoms with Crippen molar-refractivity contribution >= 4 is 0 Å². The molecule has 1 rings (SSSR count). The molecule has 0 spiro atoms. The molecule has 1 aliphatic rings. The van der Waals surface area contributed by atoms with Gasteiger partial charge in [0.15, 0.2) is 0 Å². The van der Waals surface area contributed by atoms with E-state index in [0.717, 1.165) is 19.3 Å². The SMILES string of the molecule is O/C1=C\C=C/CCCCCCCC1. The monoisotopic (exact) mass is 180 g/mol. The lowest BCUT2D eigenvalue weighted by Gasteiger charge is -2.02. The Morgan fingerprint density at radius 3 is 2.46 bits per heavy atom. The van der Waals surface area contributed by atoms with Gasteiger partial charge in [-0.25, -0.2) is 0 Å². The molecule has 0 heterocycles. The molecule has 0 saturated heterocycles. The molecule has 0 radical (unpaired) electrons.